The number of rotatable bonds is 5. The summed E-state index contributed by atoms with van der Waals surface area (Å²) in [6.45, 7) is 13.6. The summed E-state index contributed by atoms with van der Waals surface area (Å²) < 4.78 is 28.8. The number of hydrogen-bond donors (Lipinski definition) is 2. The lowest BCUT2D eigenvalue weighted by molar-refractivity contribution is -0.108. The number of anilines is 1. The van der Waals surface area contributed by atoms with Crippen LogP contribution < -0.4 is 16.2 Å². The third-order valence-corrected chi connectivity index (χ3v) is 10.2. The molecule has 0 unspecified atom stereocenters. The molecule has 2 aromatic carbocycles. The van der Waals surface area contributed by atoms with Crippen LogP contribution in [0.25, 0.3) is 10.9 Å². The lowest BCUT2D eigenvalue weighted by atomic mass is 9.45. The smallest absolute Gasteiger partial charge is 0.261 e. The Morgan fingerprint density at radius 3 is 2.55 bits per heavy atom. The minimum Gasteiger partial charge on any atom is -0.340 e. The molecule has 4 fully saturated rings. The summed E-state index contributed by atoms with van der Waals surface area (Å²) in [6.07, 6.45) is 4.20. The van der Waals surface area contributed by atoms with E-state index >= 15 is 0 Å². The molecule has 6 atom stereocenters. The van der Waals surface area contributed by atoms with Crippen molar-refractivity contribution in [1.82, 2.24) is 19.8 Å². The number of nitrogens with zero attached hydrogens (tertiary/aromatic N) is 4. The number of aromatic nitrogens is 2. The van der Waals surface area contributed by atoms with Gasteiger partial charge >= 0.3 is 0 Å². The minimum absolute atomic E-state index is 0.189. The molecule has 1 saturated heterocycles. The number of halogens is 2. The van der Waals surface area contributed by atoms with Gasteiger partial charge in [0.25, 0.3) is 5.56 Å². The molecule has 7 rings (SSSR count). The van der Waals surface area contributed by atoms with Gasteiger partial charge in [-0.25, -0.2) is 18.8 Å². The van der Waals surface area contributed by atoms with Crippen molar-refractivity contribution in [2.75, 3.05) is 18.4 Å². The standard InChI is InChI=1S/C33H42F2N6O/c1-19-16-41(17-20(2)37-19)32(39-29-13-23-12-27(21(29)3)33(23,4)5)38-25-8-9-26-30(15-25)36-18-40(31(26)42)11-10-22-6-7-24(34)14-28(22)35/h6-9,14-15,18-21,23,27,29,37H,10-13,16-17H2,1-5H3,(H,38,39)/t19-,20+,21-,23+,27-,29-/m0/s1. The van der Waals surface area contributed by atoms with E-state index in [-0.39, 0.29) is 24.6 Å². The van der Waals surface area contributed by atoms with E-state index in [1.54, 1.807) is 6.07 Å². The second kappa shape index (κ2) is 11.1. The molecule has 42 heavy (non-hydrogen) atoms. The van der Waals surface area contributed by atoms with Crippen molar-refractivity contribution in [3.8, 4) is 0 Å². The zero-order valence-corrected chi connectivity index (χ0v) is 25.2. The van der Waals surface area contributed by atoms with E-state index in [4.69, 9.17) is 4.99 Å². The van der Waals surface area contributed by atoms with Gasteiger partial charge in [-0.1, -0.05) is 26.8 Å². The lowest BCUT2D eigenvalue weighted by Gasteiger charge is -2.61. The predicted molar refractivity (Wildman–Crippen MR) is 164 cm³/mol. The fourth-order valence-corrected chi connectivity index (χ4v) is 7.63. The van der Waals surface area contributed by atoms with E-state index in [2.05, 4.69) is 55.1 Å². The van der Waals surface area contributed by atoms with Crippen molar-refractivity contribution in [3.05, 3.63) is 70.3 Å². The van der Waals surface area contributed by atoms with Gasteiger partial charge in [0.2, 0.25) is 0 Å². The number of fused-ring (bicyclic) bond motifs is 3. The Balaban J connectivity index is 1.24. The molecule has 0 spiro atoms. The third-order valence-electron chi connectivity index (χ3n) is 10.2. The third kappa shape index (κ3) is 5.43. The topological polar surface area (TPSA) is 74.5 Å². The Bertz CT molecular complexity index is 1560. The number of aliphatic imine (C=N–C) groups is 1. The van der Waals surface area contributed by atoms with Gasteiger partial charge in [-0.3, -0.25) is 9.36 Å². The van der Waals surface area contributed by atoms with Crippen LogP contribution in [0, 0.1) is 34.8 Å². The second-order valence-electron chi connectivity index (χ2n) is 13.4. The maximum absolute atomic E-state index is 14.1. The molecular weight excluding hydrogens is 534 g/mol. The largest absolute Gasteiger partial charge is 0.340 e. The average Bonchev–Trinajstić information content (AvgIpc) is 2.93. The van der Waals surface area contributed by atoms with E-state index in [1.807, 2.05) is 12.1 Å². The van der Waals surface area contributed by atoms with Gasteiger partial charge in [-0.15, -0.1) is 0 Å². The molecule has 2 bridgehead atoms. The van der Waals surface area contributed by atoms with Gasteiger partial charge in [-0.05, 0) is 86.1 Å². The summed E-state index contributed by atoms with van der Waals surface area (Å²) >= 11 is 0. The Hall–Kier alpha value is -3.33. The summed E-state index contributed by atoms with van der Waals surface area (Å²) in [6, 6.07) is 10.1. The van der Waals surface area contributed by atoms with Crippen molar-refractivity contribution in [1.29, 1.82) is 0 Å². The molecule has 1 aliphatic heterocycles. The zero-order valence-electron chi connectivity index (χ0n) is 25.2. The van der Waals surface area contributed by atoms with E-state index < -0.39 is 11.6 Å². The number of hydrogen-bond acceptors (Lipinski definition) is 4. The number of piperazine rings is 1. The summed E-state index contributed by atoms with van der Waals surface area (Å²) in [5, 5.41) is 7.73. The highest BCUT2D eigenvalue weighted by molar-refractivity contribution is 5.96. The van der Waals surface area contributed by atoms with E-state index in [0.29, 0.717) is 45.8 Å². The normalized spacial score (nSPS) is 28.9. The SMILES string of the molecule is C[C@@H]1[C@@H](N=C(Nc2ccc3c(=O)n(CCc4ccc(F)cc4F)cnc3c2)N2C[C@@H](C)N[C@@H](C)C2)C[C@H]2C[C@@H]1C2(C)C. The maximum Gasteiger partial charge on any atom is 0.261 e. The summed E-state index contributed by atoms with van der Waals surface area (Å²) in [5.41, 5.74) is 2.00. The van der Waals surface area contributed by atoms with Gasteiger partial charge in [0.05, 0.1) is 23.3 Å². The monoisotopic (exact) mass is 576 g/mol. The molecule has 3 aliphatic carbocycles. The van der Waals surface area contributed by atoms with Crippen LogP contribution in [-0.4, -0.2) is 51.6 Å². The molecule has 9 heteroatoms. The number of nitrogens with one attached hydrogen (secondary N) is 2. The highest BCUT2D eigenvalue weighted by Gasteiger charge is 2.56. The molecule has 1 aromatic heterocycles. The van der Waals surface area contributed by atoms with Crippen molar-refractivity contribution in [2.24, 2.45) is 28.2 Å². The summed E-state index contributed by atoms with van der Waals surface area (Å²) in [7, 11) is 0. The van der Waals surface area contributed by atoms with E-state index in [0.717, 1.165) is 43.1 Å². The minimum atomic E-state index is -0.617. The van der Waals surface area contributed by atoms with Gasteiger partial charge in [0.15, 0.2) is 5.96 Å². The quantitative estimate of drug-likeness (QED) is 0.313. The average molecular weight is 577 g/mol. The Kier molecular flexibility index (Phi) is 7.58. The molecule has 3 saturated carbocycles. The van der Waals surface area contributed by atoms with Crippen LogP contribution in [0.4, 0.5) is 14.5 Å². The van der Waals surface area contributed by atoms with Crippen LogP contribution in [0.15, 0.2) is 52.5 Å². The van der Waals surface area contributed by atoms with E-state index in [9.17, 15) is 13.6 Å². The molecule has 2 heterocycles. The molecule has 3 aromatic rings. The Labute approximate surface area is 246 Å². The maximum atomic E-state index is 14.1. The summed E-state index contributed by atoms with van der Waals surface area (Å²) in [4.78, 5) is 25.5. The lowest BCUT2D eigenvalue weighted by Crippen LogP contribution is -2.59. The van der Waals surface area contributed by atoms with Gasteiger partial charge in [0, 0.05) is 43.5 Å². The van der Waals surface area contributed by atoms with Crippen molar-refractivity contribution in [3.63, 3.8) is 0 Å². The van der Waals surface area contributed by atoms with Crippen molar-refractivity contribution < 1.29 is 8.78 Å². The fourth-order valence-electron chi connectivity index (χ4n) is 7.63. The van der Waals surface area contributed by atoms with E-state index in [1.165, 1.54) is 29.4 Å². The predicted octanol–water partition coefficient (Wildman–Crippen LogP) is 5.44. The Morgan fingerprint density at radius 2 is 1.86 bits per heavy atom. The van der Waals surface area contributed by atoms with Gasteiger partial charge < -0.3 is 15.5 Å². The van der Waals surface area contributed by atoms with Gasteiger partial charge in [0.1, 0.15) is 11.6 Å². The fraction of sp³-hybridized carbons (Fsp3) is 0.545. The molecule has 2 N–H and O–H groups in total. The summed E-state index contributed by atoms with van der Waals surface area (Å²) in [5.74, 6) is 1.62. The first kappa shape index (κ1) is 28.8. The second-order valence-corrected chi connectivity index (χ2v) is 13.4. The highest BCUT2D eigenvalue weighted by atomic mass is 19.1. The first-order valence-electron chi connectivity index (χ1n) is 15.3. The van der Waals surface area contributed by atoms with Crippen LogP contribution in [0.1, 0.15) is 53.0 Å². The van der Waals surface area contributed by atoms with Gasteiger partial charge in [-0.2, -0.15) is 0 Å². The highest BCUT2D eigenvalue weighted by Crippen LogP contribution is 2.61. The van der Waals surface area contributed by atoms with Crippen molar-refractivity contribution >= 4 is 22.5 Å². The van der Waals surface area contributed by atoms with Crippen molar-refractivity contribution in [2.45, 2.75) is 78.6 Å². The van der Waals surface area contributed by atoms with Crippen LogP contribution >= 0.6 is 0 Å². The number of guanidine groups is 1. The number of benzene rings is 2. The molecule has 0 amide bonds. The van der Waals surface area contributed by atoms with Crippen LogP contribution in [0.3, 0.4) is 0 Å². The molecule has 224 valence electrons. The molecular formula is C33H42F2N6O. The van der Waals surface area contributed by atoms with Crippen LogP contribution in [-0.2, 0) is 13.0 Å². The number of aryl methyl sites for hydroxylation is 2. The Morgan fingerprint density at radius 1 is 1.10 bits per heavy atom. The molecule has 0 radical (unpaired) electrons. The first-order valence-corrected chi connectivity index (χ1v) is 15.3. The zero-order chi connectivity index (χ0) is 29.8. The first-order chi connectivity index (χ1) is 20.0. The van der Waals surface area contributed by atoms with Crippen LogP contribution in [0.2, 0.25) is 0 Å². The molecule has 7 nitrogen and oxygen atoms in total. The molecule has 4 aliphatic rings. The van der Waals surface area contributed by atoms with Crippen LogP contribution in [0.5, 0.6) is 0 Å².